The van der Waals surface area contributed by atoms with Gasteiger partial charge < -0.3 is 25.3 Å². The monoisotopic (exact) mass is 647 g/mol. The number of aromatic nitrogens is 2. The van der Waals surface area contributed by atoms with E-state index in [2.05, 4.69) is 15.3 Å². The van der Waals surface area contributed by atoms with Gasteiger partial charge in [0.2, 0.25) is 17.7 Å². The normalized spacial score (nSPS) is 26.9. The Bertz CT molecular complexity index is 1780. The summed E-state index contributed by atoms with van der Waals surface area (Å²) in [6.07, 6.45) is 6.33. The van der Waals surface area contributed by atoms with Gasteiger partial charge in [0.1, 0.15) is 35.3 Å². The lowest BCUT2D eigenvalue weighted by Crippen LogP contribution is -2.49. The number of nitrogens with two attached hydrogens (primary N) is 1. The third-order valence-electron chi connectivity index (χ3n) is 9.36. The van der Waals surface area contributed by atoms with E-state index in [1.54, 1.807) is 19.1 Å². The predicted molar refractivity (Wildman–Crippen MR) is 166 cm³/mol. The molecule has 1 aromatic heterocycles. The molecule has 2 aliphatic carbocycles. The Kier molecular flexibility index (Phi) is 8.64. The van der Waals surface area contributed by atoms with Crippen LogP contribution in [0.15, 0.2) is 42.5 Å². The second-order valence-corrected chi connectivity index (χ2v) is 12.4. The maximum Gasteiger partial charge on any atom is 0.321 e. The van der Waals surface area contributed by atoms with Crippen LogP contribution in [0.3, 0.4) is 0 Å². The Labute approximate surface area is 269 Å². The fraction of sp³-hybridized carbons (Fsp3) is 0.412. The minimum Gasteiger partial charge on any atom is -0.496 e. The highest BCUT2D eigenvalue weighted by Crippen LogP contribution is 2.45. The van der Waals surface area contributed by atoms with Gasteiger partial charge in [-0.05, 0) is 69.7 Å². The van der Waals surface area contributed by atoms with Gasteiger partial charge in [0.25, 0.3) is 0 Å². The molecule has 2 fully saturated rings. The molecule has 47 heavy (non-hydrogen) atoms. The first-order valence-electron chi connectivity index (χ1n) is 15.6. The molecule has 5 unspecified atom stereocenters. The van der Waals surface area contributed by atoms with Crippen LogP contribution >= 0.6 is 0 Å². The number of hydrogen-bond acceptors (Lipinski definition) is 8. The van der Waals surface area contributed by atoms with E-state index >= 15 is 0 Å². The molecule has 2 saturated carbocycles. The van der Waals surface area contributed by atoms with E-state index in [0.29, 0.717) is 47.9 Å². The SMILES string of the molecule is COc1ccc2c(OC3CC4C(=O)NC5(C=O)CC5/C=C/CCCCN(C(N)=O)C(=O)C4C3)nc(-c3cc(F)cc(F)c3)nc2c1C. The lowest BCUT2D eigenvalue weighted by molar-refractivity contribution is -0.139. The number of aldehydes is 1. The number of allylic oxidation sites excluding steroid dienone is 1. The van der Waals surface area contributed by atoms with E-state index in [4.69, 9.17) is 15.2 Å². The van der Waals surface area contributed by atoms with Crippen molar-refractivity contribution in [2.24, 2.45) is 23.5 Å². The zero-order valence-corrected chi connectivity index (χ0v) is 26.0. The van der Waals surface area contributed by atoms with Crippen LogP contribution in [0.1, 0.15) is 44.1 Å². The van der Waals surface area contributed by atoms with Crippen molar-refractivity contribution >= 4 is 35.0 Å². The van der Waals surface area contributed by atoms with Crippen molar-refractivity contribution in [1.29, 1.82) is 0 Å². The average Bonchev–Trinajstić information content (AvgIpc) is 3.54. The van der Waals surface area contributed by atoms with Gasteiger partial charge in [-0.15, -0.1) is 0 Å². The van der Waals surface area contributed by atoms with Gasteiger partial charge in [-0.2, -0.15) is 4.98 Å². The van der Waals surface area contributed by atoms with Crippen LogP contribution in [0.25, 0.3) is 22.3 Å². The van der Waals surface area contributed by atoms with Crippen LogP contribution in [0.5, 0.6) is 11.6 Å². The molecular formula is C34H35F2N5O6. The number of benzene rings is 2. The highest BCUT2D eigenvalue weighted by Gasteiger charge is 2.56. The van der Waals surface area contributed by atoms with Crippen molar-refractivity contribution in [1.82, 2.24) is 20.2 Å². The second kappa shape index (κ2) is 12.7. The number of carbonyl (C=O) groups excluding carboxylic acids is 4. The molecule has 3 aromatic rings. The molecule has 246 valence electrons. The molecule has 5 atom stereocenters. The molecule has 6 rings (SSSR count). The molecule has 1 aliphatic heterocycles. The lowest BCUT2D eigenvalue weighted by atomic mass is 9.93. The number of hydrogen-bond donors (Lipinski definition) is 2. The van der Waals surface area contributed by atoms with Crippen LogP contribution in [0.4, 0.5) is 13.6 Å². The molecule has 2 heterocycles. The van der Waals surface area contributed by atoms with Crippen LogP contribution < -0.4 is 20.5 Å². The maximum absolute atomic E-state index is 14.2. The van der Waals surface area contributed by atoms with Gasteiger partial charge >= 0.3 is 6.03 Å². The van der Waals surface area contributed by atoms with Gasteiger partial charge in [0.05, 0.1) is 29.8 Å². The Morgan fingerprint density at radius 2 is 1.85 bits per heavy atom. The number of carbonyl (C=O) groups is 4. The summed E-state index contributed by atoms with van der Waals surface area (Å²) in [6.45, 7) is 1.88. The van der Waals surface area contributed by atoms with Crippen LogP contribution in [-0.4, -0.2) is 64.3 Å². The molecule has 11 nitrogen and oxygen atoms in total. The standard InChI is InChI=1S/C34H35F2N5O6/c1-18-27(46-2)9-8-24-28(18)38-29(19-11-21(35)13-22(36)12-19)39-31(24)47-23-14-25-26(15-23)32(44)41(33(37)45)10-6-4-3-5-7-20-16-34(20,17-42)40-30(25)43/h5,7-9,11-13,17,20,23,25-26H,3-4,6,10,14-16H2,1-2H3,(H2,37,45)(H,40,43)/b7-5+. The van der Waals surface area contributed by atoms with Crippen molar-refractivity contribution in [3.8, 4) is 23.0 Å². The van der Waals surface area contributed by atoms with E-state index in [9.17, 15) is 28.0 Å². The highest BCUT2D eigenvalue weighted by atomic mass is 19.1. The Morgan fingerprint density at radius 3 is 2.55 bits per heavy atom. The summed E-state index contributed by atoms with van der Waals surface area (Å²) in [4.78, 5) is 62.2. The third-order valence-corrected chi connectivity index (χ3v) is 9.36. The molecule has 3 aliphatic rings. The van der Waals surface area contributed by atoms with E-state index in [-0.39, 0.29) is 42.6 Å². The van der Waals surface area contributed by atoms with Gasteiger partial charge in [-0.1, -0.05) is 12.2 Å². The highest BCUT2D eigenvalue weighted by molar-refractivity contribution is 5.98. The largest absolute Gasteiger partial charge is 0.496 e. The summed E-state index contributed by atoms with van der Waals surface area (Å²) in [6, 6.07) is 5.44. The zero-order valence-electron chi connectivity index (χ0n) is 26.0. The molecule has 4 amide bonds. The number of nitrogens with one attached hydrogen (secondary N) is 1. The molecule has 0 saturated heterocycles. The van der Waals surface area contributed by atoms with E-state index < -0.39 is 53.0 Å². The topological polar surface area (TPSA) is 154 Å². The minimum absolute atomic E-state index is 0.00616. The third kappa shape index (κ3) is 6.26. The lowest BCUT2D eigenvalue weighted by Gasteiger charge is -2.26. The summed E-state index contributed by atoms with van der Waals surface area (Å²) in [7, 11) is 1.51. The second-order valence-electron chi connectivity index (χ2n) is 12.4. The Balaban J connectivity index is 1.38. The smallest absolute Gasteiger partial charge is 0.321 e. The van der Waals surface area contributed by atoms with Crippen molar-refractivity contribution in [2.45, 2.75) is 57.1 Å². The van der Waals surface area contributed by atoms with E-state index in [0.717, 1.165) is 29.4 Å². The van der Waals surface area contributed by atoms with Gasteiger partial charge in [-0.3, -0.25) is 14.5 Å². The zero-order chi connectivity index (χ0) is 33.5. The Hall–Kier alpha value is -4.94. The van der Waals surface area contributed by atoms with Gasteiger partial charge in [-0.25, -0.2) is 18.6 Å². The van der Waals surface area contributed by atoms with Crippen molar-refractivity contribution in [3.63, 3.8) is 0 Å². The summed E-state index contributed by atoms with van der Waals surface area (Å²) in [5, 5.41) is 3.35. The number of ether oxygens (including phenoxy) is 2. The molecule has 0 radical (unpaired) electrons. The number of urea groups is 1. The number of halogens is 2. The van der Waals surface area contributed by atoms with Crippen molar-refractivity contribution in [2.75, 3.05) is 13.7 Å². The number of primary amides is 1. The van der Waals surface area contributed by atoms with E-state index in [1.807, 2.05) is 12.2 Å². The molecule has 0 spiro atoms. The fourth-order valence-corrected chi connectivity index (χ4v) is 6.71. The molecule has 3 N–H and O–H groups in total. The number of methoxy groups -OCH3 is 1. The Morgan fingerprint density at radius 1 is 1.11 bits per heavy atom. The molecule has 13 heteroatoms. The summed E-state index contributed by atoms with van der Waals surface area (Å²) < 4.78 is 40.3. The van der Waals surface area contributed by atoms with Crippen LogP contribution in [-0.2, 0) is 14.4 Å². The summed E-state index contributed by atoms with van der Waals surface area (Å²) in [5.41, 5.74) is 5.70. The number of imide groups is 1. The van der Waals surface area contributed by atoms with Gasteiger partial charge in [0, 0.05) is 29.7 Å². The summed E-state index contributed by atoms with van der Waals surface area (Å²) >= 11 is 0. The minimum atomic E-state index is -1.05. The van der Waals surface area contributed by atoms with Crippen molar-refractivity contribution in [3.05, 3.63) is 59.7 Å². The molecule has 0 bridgehead atoms. The first-order valence-corrected chi connectivity index (χ1v) is 15.6. The number of rotatable bonds is 5. The number of amides is 4. The molecule has 2 aromatic carbocycles. The first kappa shape index (κ1) is 32.0. The number of aryl methyl sites for hydroxylation is 1. The number of fused-ring (bicyclic) bond motifs is 3. The molecular weight excluding hydrogens is 612 g/mol. The quantitative estimate of drug-likeness (QED) is 0.306. The first-order chi connectivity index (χ1) is 22.5. The maximum atomic E-state index is 14.2. The van der Waals surface area contributed by atoms with Crippen molar-refractivity contribution < 1.29 is 37.4 Å². The van der Waals surface area contributed by atoms with Crippen LogP contribution in [0.2, 0.25) is 0 Å². The fourth-order valence-electron chi connectivity index (χ4n) is 6.71. The summed E-state index contributed by atoms with van der Waals surface area (Å²) in [5.74, 6) is -4.17. The van der Waals surface area contributed by atoms with Gasteiger partial charge in [0.15, 0.2) is 5.82 Å². The average molecular weight is 648 g/mol. The number of nitrogens with zero attached hydrogens (tertiary/aromatic N) is 3. The predicted octanol–water partition coefficient (Wildman–Crippen LogP) is 4.39. The van der Waals surface area contributed by atoms with E-state index in [1.165, 1.54) is 7.11 Å². The van der Waals surface area contributed by atoms with Crippen LogP contribution in [0, 0.1) is 36.3 Å².